The van der Waals surface area contributed by atoms with Crippen molar-refractivity contribution >= 4 is 17.2 Å². The predicted molar refractivity (Wildman–Crippen MR) is 86.8 cm³/mol. The van der Waals surface area contributed by atoms with E-state index in [1.165, 1.54) is 21.4 Å². The van der Waals surface area contributed by atoms with Gasteiger partial charge in [0.1, 0.15) is 0 Å². The Morgan fingerprint density at radius 2 is 2.17 bits per heavy atom. The maximum atomic E-state index is 13.8. The van der Waals surface area contributed by atoms with Crippen LogP contribution in [0.25, 0.3) is 11.5 Å². The lowest BCUT2D eigenvalue weighted by molar-refractivity contribution is 0.558. The molecule has 1 N–H and O–H groups in total. The van der Waals surface area contributed by atoms with Crippen molar-refractivity contribution in [2.24, 2.45) is 0 Å². The van der Waals surface area contributed by atoms with Crippen LogP contribution in [0.4, 0.5) is 15.8 Å². The molecule has 4 rings (SSSR count). The lowest BCUT2D eigenvalue weighted by Crippen LogP contribution is -2.28. The number of imidazole rings is 1. The Kier molecular flexibility index (Phi) is 2.77. The highest BCUT2D eigenvalue weighted by molar-refractivity contribution is 5.77. The molecular formula is C16H14FN5O. The third-order valence-corrected chi connectivity index (χ3v) is 4.07. The number of nitrogens with zero attached hydrogens (tertiary/aromatic N) is 4. The fraction of sp³-hybridized carbons (Fsp3) is 0.125. The van der Waals surface area contributed by atoms with Gasteiger partial charge in [0, 0.05) is 25.1 Å². The molecule has 2 aromatic heterocycles. The van der Waals surface area contributed by atoms with Crippen molar-refractivity contribution in [3.05, 3.63) is 65.2 Å². The van der Waals surface area contributed by atoms with Crippen LogP contribution in [0.3, 0.4) is 0 Å². The number of anilines is 2. The van der Waals surface area contributed by atoms with Crippen molar-refractivity contribution < 1.29 is 4.39 Å². The van der Waals surface area contributed by atoms with Crippen molar-refractivity contribution in [2.45, 2.75) is 0 Å². The molecule has 0 bridgehead atoms. The van der Waals surface area contributed by atoms with Gasteiger partial charge in [-0.05, 0) is 18.2 Å². The number of halogens is 1. The van der Waals surface area contributed by atoms with E-state index in [1.807, 2.05) is 30.1 Å². The summed E-state index contributed by atoms with van der Waals surface area (Å²) in [6, 6.07) is 6.51. The Labute approximate surface area is 131 Å². The average molecular weight is 311 g/mol. The Morgan fingerprint density at radius 3 is 3.00 bits per heavy atom. The molecule has 0 amide bonds. The summed E-state index contributed by atoms with van der Waals surface area (Å²) in [5, 5.41) is 3.27. The molecule has 3 aromatic rings. The van der Waals surface area contributed by atoms with Gasteiger partial charge in [-0.2, -0.15) is 4.39 Å². The molecule has 0 unspecified atom stereocenters. The van der Waals surface area contributed by atoms with Gasteiger partial charge in [-0.15, -0.1) is 0 Å². The second-order valence-electron chi connectivity index (χ2n) is 5.42. The first-order valence-corrected chi connectivity index (χ1v) is 7.10. The maximum Gasteiger partial charge on any atom is 0.262 e. The third-order valence-electron chi connectivity index (χ3n) is 4.07. The molecule has 23 heavy (non-hydrogen) atoms. The van der Waals surface area contributed by atoms with Crippen LogP contribution in [-0.2, 0) is 0 Å². The van der Waals surface area contributed by atoms with Gasteiger partial charge in [0.2, 0.25) is 11.7 Å². The first-order chi connectivity index (χ1) is 11.1. The monoisotopic (exact) mass is 311 g/mol. The molecule has 0 atom stereocenters. The van der Waals surface area contributed by atoms with Gasteiger partial charge >= 0.3 is 0 Å². The smallest absolute Gasteiger partial charge is 0.262 e. The number of aromatic nitrogens is 3. The summed E-state index contributed by atoms with van der Waals surface area (Å²) in [4.78, 5) is 18.4. The van der Waals surface area contributed by atoms with Crippen LogP contribution in [0.2, 0.25) is 0 Å². The maximum absolute atomic E-state index is 13.8. The fourth-order valence-electron chi connectivity index (χ4n) is 2.78. The standard InChI is InChI=1S/C16H14FN5O/c1-10-9-19-12-4-3-11(7-13(12)20(10)2)22-15(23)8-14(17)21-6-5-18-16(21)22/h3-8,19H,1,9H2,2H3. The zero-order valence-electron chi connectivity index (χ0n) is 12.5. The molecule has 0 fully saturated rings. The molecule has 0 aliphatic carbocycles. The molecule has 7 heteroatoms. The lowest BCUT2D eigenvalue weighted by Gasteiger charge is -2.31. The summed E-state index contributed by atoms with van der Waals surface area (Å²) in [5.74, 6) is -0.399. The van der Waals surface area contributed by atoms with Gasteiger partial charge < -0.3 is 10.2 Å². The van der Waals surface area contributed by atoms with E-state index in [2.05, 4.69) is 16.9 Å². The largest absolute Gasteiger partial charge is 0.378 e. The SMILES string of the molecule is C=C1CNc2ccc(-n3c(=O)cc(F)n4ccnc34)cc2N1C. The minimum absolute atomic E-state index is 0.236. The van der Waals surface area contributed by atoms with Crippen LogP contribution in [-0.4, -0.2) is 27.5 Å². The van der Waals surface area contributed by atoms with Crippen LogP contribution in [0.15, 0.2) is 53.7 Å². The van der Waals surface area contributed by atoms with Gasteiger partial charge in [0.05, 0.1) is 29.7 Å². The zero-order valence-corrected chi connectivity index (χ0v) is 12.5. The minimum atomic E-state index is -0.635. The highest BCUT2D eigenvalue weighted by atomic mass is 19.1. The Bertz CT molecular complexity index is 1000. The normalized spacial score (nSPS) is 14.0. The van der Waals surface area contributed by atoms with E-state index in [0.29, 0.717) is 12.2 Å². The van der Waals surface area contributed by atoms with Crippen molar-refractivity contribution in [1.82, 2.24) is 14.0 Å². The number of hydrogen-bond donors (Lipinski definition) is 1. The van der Waals surface area contributed by atoms with Crippen molar-refractivity contribution in [3.63, 3.8) is 0 Å². The van der Waals surface area contributed by atoms with Gasteiger partial charge in [-0.25, -0.2) is 9.55 Å². The Hall–Kier alpha value is -3.09. The van der Waals surface area contributed by atoms with Gasteiger partial charge in [-0.3, -0.25) is 9.20 Å². The quantitative estimate of drug-likeness (QED) is 0.699. The molecule has 0 saturated carbocycles. The number of fused-ring (bicyclic) bond motifs is 2. The highest BCUT2D eigenvalue weighted by Gasteiger charge is 2.18. The first-order valence-electron chi connectivity index (χ1n) is 7.10. The molecule has 0 saturated heterocycles. The van der Waals surface area contributed by atoms with Gasteiger partial charge in [0.25, 0.3) is 5.56 Å². The Balaban J connectivity index is 1.98. The topological polar surface area (TPSA) is 54.6 Å². The second-order valence-corrected chi connectivity index (χ2v) is 5.42. The molecule has 6 nitrogen and oxygen atoms in total. The summed E-state index contributed by atoms with van der Waals surface area (Å²) in [6.07, 6.45) is 2.94. The highest BCUT2D eigenvalue weighted by Crippen LogP contribution is 2.33. The first kappa shape index (κ1) is 13.6. The van der Waals surface area contributed by atoms with Crippen LogP contribution < -0.4 is 15.8 Å². The fourth-order valence-corrected chi connectivity index (χ4v) is 2.78. The van der Waals surface area contributed by atoms with E-state index in [4.69, 9.17) is 0 Å². The second kappa shape index (κ2) is 4.70. The van der Waals surface area contributed by atoms with Crippen molar-refractivity contribution in [1.29, 1.82) is 0 Å². The molecular weight excluding hydrogens is 297 g/mol. The van der Waals surface area contributed by atoms with Crippen LogP contribution in [0.5, 0.6) is 0 Å². The third kappa shape index (κ3) is 1.93. The van der Waals surface area contributed by atoms with E-state index >= 15 is 0 Å². The summed E-state index contributed by atoms with van der Waals surface area (Å²) < 4.78 is 16.5. The Morgan fingerprint density at radius 1 is 1.35 bits per heavy atom. The molecule has 1 aliphatic heterocycles. The van der Waals surface area contributed by atoms with Crippen molar-refractivity contribution in [2.75, 3.05) is 23.8 Å². The molecule has 116 valence electrons. The van der Waals surface area contributed by atoms with Crippen LogP contribution >= 0.6 is 0 Å². The lowest BCUT2D eigenvalue weighted by atomic mass is 10.1. The van der Waals surface area contributed by atoms with E-state index in [-0.39, 0.29) is 5.78 Å². The molecule has 1 aromatic carbocycles. The molecule has 3 heterocycles. The number of nitrogens with one attached hydrogen (secondary N) is 1. The minimum Gasteiger partial charge on any atom is -0.378 e. The summed E-state index contributed by atoms with van der Waals surface area (Å²) in [6.45, 7) is 4.67. The van der Waals surface area contributed by atoms with E-state index < -0.39 is 11.5 Å². The van der Waals surface area contributed by atoms with Gasteiger partial charge in [-0.1, -0.05) is 6.58 Å². The van der Waals surface area contributed by atoms with E-state index in [0.717, 1.165) is 23.1 Å². The number of likely N-dealkylation sites (N-methyl/N-ethyl adjacent to an activating group) is 1. The predicted octanol–water partition coefficient (Wildman–Crippen LogP) is 2.00. The average Bonchev–Trinajstić information content (AvgIpc) is 3.01. The van der Waals surface area contributed by atoms with Crippen LogP contribution in [0.1, 0.15) is 0 Å². The van der Waals surface area contributed by atoms with E-state index in [9.17, 15) is 9.18 Å². The number of rotatable bonds is 1. The zero-order chi connectivity index (χ0) is 16.1. The summed E-state index contributed by atoms with van der Waals surface area (Å²) in [7, 11) is 1.92. The van der Waals surface area contributed by atoms with Crippen molar-refractivity contribution in [3.8, 4) is 5.69 Å². The van der Waals surface area contributed by atoms with E-state index in [1.54, 1.807) is 0 Å². The van der Waals surface area contributed by atoms with Gasteiger partial charge in [0.15, 0.2) is 0 Å². The molecule has 1 aliphatic rings. The summed E-state index contributed by atoms with van der Waals surface area (Å²) in [5.41, 5.74) is 2.93. The molecule has 0 radical (unpaired) electrons. The number of benzene rings is 1. The number of hydrogen-bond acceptors (Lipinski definition) is 4. The van der Waals surface area contributed by atoms with Crippen LogP contribution in [0, 0.1) is 5.95 Å². The summed E-state index contributed by atoms with van der Waals surface area (Å²) >= 11 is 0. The molecule has 0 spiro atoms.